The van der Waals surface area contributed by atoms with Crippen LogP contribution in [-0.4, -0.2) is 46.8 Å². The number of nitrogen functional groups attached to an aromatic ring is 1. The number of ether oxygens (including phenoxy) is 1. The molecule has 3 heterocycles. The first kappa shape index (κ1) is 14.3. The van der Waals surface area contributed by atoms with Crippen LogP contribution in [0, 0.1) is 0 Å². The van der Waals surface area contributed by atoms with Crippen LogP contribution in [0.3, 0.4) is 0 Å². The van der Waals surface area contributed by atoms with Gasteiger partial charge in [-0.25, -0.2) is 5.84 Å². The quantitative estimate of drug-likeness (QED) is 0.552. The van der Waals surface area contributed by atoms with Gasteiger partial charge in [-0.15, -0.1) is 0 Å². The number of hydrogen-bond donors (Lipinski definition) is 3. The predicted octanol–water partition coefficient (Wildman–Crippen LogP) is 0.738. The molecule has 0 aromatic carbocycles. The van der Waals surface area contributed by atoms with Crippen molar-refractivity contribution in [2.24, 2.45) is 5.84 Å². The van der Waals surface area contributed by atoms with Gasteiger partial charge in [0, 0.05) is 31.8 Å². The van der Waals surface area contributed by atoms with Gasteiger partial charge in [-0.2, -0.15) is 15.0 Å². The zero-order valence-electron chi connectivity index (χ0n) is 12.4. The van der Waals surface area contributed by atoms with Crippen molar-refractivity contribution in [3.8, 4) is 0 Å². The Morgan fingerprint density at radius 3 is 2.43 bits per heavy atom. The number of nitrogens with two attached hydrogens (primary N) is 1. The van der Waals surface area contributed by atoms with Gasteiger partial charge in [0.25, 0.3) is 0 Å². The van der Waals surface area contributed by atoms with E-state index in [0.717, 1.165) is 39.1 Å². The van der Waals surface area contributed by atoms with Gasteiger partial charge in [0.15, 0.2) is 0 Å². The minimum Gasteiger partial charge on any atom is -0.381 e. The molecule has 0 spiro atoms. The Balaban J connectivity index is 1.81. The van der Waals surface area contributed by atoms with E-state index < -0.39 is 0 Å². The summed E-state index contributed by atoms with van der Waals surface area (Å²) < 4.78 is 5.42. The molecule has 0 unspecified atom stereocenters. The molecule has 8 heteroatoms. The number of nitrogens with one attached hydrogen (secondary N) is 2. The third-order valence-corrected chi connectivity index (χ3v) is 4.15. The molecule has 0 saturated carbocycles. The Morgan fingerprint density at radius 1 is 1.10 bits per heavy atom. The second kappa shape index (κ2) is 5.98. The third kappa shape index (κ3) is 3.33. The molecule has 0 bridgehead atoms. The Kier molecular flexibility index (Phi) is 4.07. The van der Waals surface area contributed by atoms with E-state index in [1.807, 2.05) is 0 Å². The highest BCUT2D eigenvalue weighted by atomic mass is 16.5. The van der Waals surface area contributed by atoms with Crippen LogP contribution in [-0.2, 0) is 4.74 Å². The second-order valence-corrected chi connectivity index (χ2v) is 5.92. The van der Waals surface area contributed by atoms with E-state index in [1.54, 1.807) is 0 Å². The van der Waals surface area contributed by atoms with Gasteiger partial charge in [0.2, 0.25) is 17.8 Å². The third-order valence-electron chi connectivity index (χ3n) is 4.15. The molecule has 2 saturated heterocycles. The van der Waals surface area contributed by atoms with Crippen molar-refractivity contribution in [3.05, 3.63) is 0 Å². The summed E-state index contributed by atoms with van der Waals surface area (Å²) in [4.78, 5) is 15.4. The van der Waals surface area contributed by atoms with Crippen LogP contribution in [0.4, 0.5) is 17.8 Å². The molecule has 0 amide bonds. The zero-order valence-corrected chi connectivity index (χ0v) is 12.4. The van der Waals surface area contributed by atoms with Crippen molar-refractivity contribution in [1.29, 1.82) is 0 Å². The number of rotatable bonds is 4. The lowest BCUT2D eigenvalue weighted by atomic mass is 9.93. The van der Waals surface area contributed by atoms with Gasteiger partial charge >= 0.3 is 0 Å². The molecule has 1 aromatic rings. The molecule has 2 fully saturated rings. The SMILES string of the molecule is CC1(Nc2nc(NN)nc(N3CCCC3)n2)CCOCC1. The highest BCUT2D eigenvalue weighted by Gasteiger charge is 2.28. The van der Waals surface area contributed by atoms with E-state index in [4.69, 9.17) is 10.6 Å². The standard InChI is InChI=1S/C13H23N7O/c1-13(4-8-21-9-5-13)18-10-15-11(19-14)17-12(16-10)20-6-2-3-7-20/h2-9,14H2,1H3,(H2,15,16,17,18,19). The summed E-state index contributed by atoms with van der Waals surface area (Å²) in [5.74, 6) is 7.14. The Morgan fingerprint density at radius 2 is 1.76 bits per heavy atom. The van der Waals surface area contributed by atoms with Crippen LogP contribution in [0.2, 0.25) is 0 Å². The Hall–Kier alpha value is -1.67. The number of anilines is 3. The molecule has 21 heavy (non-hydrogen) atoms. The van der Waals surface area contributed by atoms with Crippen molar-refractivity contribution < 1.29 is 4.74 Å². The van der Waals surface area contributed by atoms with E-state index in [-0.39, 0.29) is 5.54 Å². The molecule has 2 aliphatic rings. The van der Waals surface area contributed by atoms with Gasteiger partial charge in [0.1, 0.15) is 0 Å². The maximum atomic E-state index is 5.48. The van der Waals surface area contributed by atoms with Crippen molar-refractivity contribution in [3.63, 3.8) is 0 Å². The molecule has 1 aromatic heterocycles. The van der Waals surface area contributed by atoms with Gasteiger partial charge < -0.3 is 15.0 Å². The van der Waals surface area contributed by atoms with Crippen LogP contribution >= 0.6 is 0 Å². The van der Waals surface area contributed by atoms with Crippen LogP contribution in [0.15, 0.2) is 0 Å². The van der Waals surface area contributed by atoms with Gasteiger partial charge in [0.05, 0.1) is 0 Å². The molecule has 2 aliphatic heterocycles. The molecular weight excluding hydrogens is 270 g/mol. The molecule has 0 radical (unpaired) electrons. The lowest BCUT2D eigenvalue weighted by Gasteiger charge is -2.34. The van der Waals surface area contributed by atoms with Crippen LogP contribution in [0.5, 0.6) is 0 Å². The fourth-order valence-corrected chi connectivity index (χ4v) is 2.76. The van der Waals surface area contributed by atoms with Gasteiger partial charge in [-0.1, -0.05) is 0 Å². The lowest BCUT2D eigenvalue weighted by Crippen LogP contribution is -2.41. The minimum atomic E-state index is -0.0479. The molecular formula is C13H23N7O. The average molecular weight is 293 g/mol. The maximum absolute atomic E-state index is 5.48. The summed E-state index contributed by atoms with van der Waals surface area (Å²) in [5, 5.41) is 3.43. The van der Waals surface area contributed by atoms with Crippen molar-refractivity contribution in [1.82, 2.24) is 15.0 Å². The van der Waals surface area contributed by atoms with Crippen molar-refractivity contribution in [2.45, 2.75) is 38.1 Å². The molecule has 0 aliphatic carbocycles. The minimum absolute atomic E-state index is 0.0479. The monoisotopic (exact) mass is 293 g/mol. The average Bonchev–Trinajstić information content (AvgIpc) is 3.01. The number of aromatic nitrogens is 3. The zero-order chi connectivity index (χ0) is 14.7. The van der Waals surface area contributed by atoms with E-state index in [9.17, 15) is 0 Å². The summed E-state index contributed by atoms with van der Waals surface area (Å²) in [5.41, 5.74) is 2.48. The summed E-state index contributed by atoms with van der Waals surface area (Å²) in [6.45, 7) is 5.66. The van der Waals surface area contributed by atoms with E-state index >= 15 is 0 Å². The van der Waals surface area contributed by atoms with E-state index in [1.165, 1.54) is 12.8 Å². The van der Waals surface area contributed by atoms with Crippen molar-refractivity contribution in [2.75, 3.05) is 41.9 Å². The number of hydrazine groups is 1. The van der Waals surface area contributed by atoms with Crippen LogP contribution < -0.4 is 21.5 Å². The highest BCUT2D eigenvalue weighted by molar-refractivity contribution is 5.45. The first-order valence-electron chi connectivity index (χ1n) is 7.52. The molecule has 0 atom stereocenters. The second-order valence-electron chi connectivity index (χ2n) is 5.92. The molecule has 116 valence electrons. The largest absolute Gasteiger partial charge is 0.381 e. The van der Waals surface area contributed by atoms with Gasteiger partial charge in [-0.3, -0.25) is 5.43 Å². The van der Waals surface area contributed by atoms with E-state index in [2.05, 4.69) is 37.5 Å². The van der Waals surface area contributed by atoms with Crippen molar-refractivity contribution >= 4 is 17.8 Å². The summed E-state index contributed by atoms with van der Waals surface area (Å²) in [7, 11) is 0. The molecule has 8 nitrogen and oxygen atoms in total. The predicted molar refractivity (Wildman–Crippen MR) is 81.2 cm³/mol. The number of nitrogens with zero attached hydrogens (tertiary/aromatic N) is 4. The first-order valence-corrected chi connectivity index (χ1v) is 7.52. The topological polar surface area (TPSA) is 101 Å². The Bertz CT molecular complexity index is 483. The molecule has 3 rings (SSSR count). The fourth-order valence-electron chi connectivity index (χ4n) is 2.76. The van der Waals surface area contributed by atoms with Crippen LogP contribution in [0.1, 0.15) is 32.6 Å². The number of hydrogen-bond acceptors (Lipinski definition) is 8. The smallest absolute Gasteiger partial charge is 0.243 e. The molecule has 4 N–H and O–H groups in total. The normalized spacial score (nSPS) is 21.3. The summed E-state index contributed by atoms with van der Waals surface area (Å²) in [6, 6.07) is 0. The summed E-state index contributed by atoms with van der Waals surface area (Å²) >= 11 is 0. The van der Waals surface area contributed by atoms with Gasteiger partial charge in [-0.05, 0) is 32.6 Å². The Labute approximate surface area is 124 Å². The highest BCUT2D eigenvalue weighted by Crippen LogP contribution is 2.25. The summed E-state index contributed by atoms with van der Waals surface area (Å²) in [6.07, 6.45) is 4.22. The first-order chi connectivity index (χ1) is 10.2. The maximum Gasteiger partial charge on any atom is 0.243 e. The van der Waals surface area contributed by atoms with E-state index in [0.29, 0.717) is 17.8 Å². The fraction of sp³-hybridized carbons (Fsp3) is 0.769. The van der Waals surface area contributed by atoms with Crippen LogP contribution in [0.25, 0.3) is 0 Å². The lowest BCUT2D eigenvalue weighted by molar-refractivity contribution is 0.0656.